The maximum atomic E-state index is 2.38. The molecule has 70 valence electrons. The maximum absolute atomic E-state index is 2.38. The molecule has 0 aliphatic heterocycles. The summed E-state index contributed by atoms with van der Waals surface area (Å²) in [6, 6.07) is 10.9. The molecule has 1 aliphatic rings. The van der Waals surface area contributed by atoms with Crippen LogP contribution in [-0.4, -0.2) is 0 Å². The van der Waals surface area contributed by atoms with E-state index in [2.05, 4.69) is 51.1 Å². The molecule has 0 atom stereocenters. The van der Waals surface area contributed by atoms with Gasteiger partial charge in [-0.25, -0.2) is 0 Å². The molecule has 0 nitrogen and oxygen atoms in total. The molecular formula is C13H18. The third kappa shape index (κ3) is 1.50. The van der Waals surface area contributed by atoms with Crippen molar-refractivity contribution in [3.63, 3.8) is 0 Å². The maximum Gasteiger partial charge on any atom is -0.00651 e. The van der Waals surface area contributed by atoms with Gasteiger partial charge in [-0.05, 0) is 29.2 Å². The lowest BCUT2D eigenvalue weighted by Gasteiger charge is -2.52. The Hall–Kier alpha value is -0.780. The molecule has 0 amide bonds. The minimum atomic E-state index is 0.449. The summed E-state index contributed by atoms with van der Waals surface area (Å²) in [5.41, 5.74) is 2.52. The van der Waals surface area contributed by atoms with E-state index in [1.54, 1.807) is 0 Å². The molecule has 1 aromatic carbocycles. The lowest BCUT2D eigenvalue weighted by Crippen LogP contribution is -2.44. The predicted octanol–water partition coefficient (Wildman–Crippen LogP) is 3.76. The topological polar surface area (TPSA) is 0 Å². The van der Waals surface area contributed by atoms with Crippen LogP contribution in [0.15, 0.2) is 30.3 Å². The highest BCUT2D eigenvalue weighted by atomic mass is 14.5. The zero-order valence-corrected chi connectivity index (χ0v) is 8.80. The summed E-state index contributed by atoms with van der Waals surface area (Å²) in [6.45, 7) is 7.10. The van der Waals surface area contributed by atoms with Gasteiger partial charge in [0.1, 0.15) is 0 Å². The molecule has 0 radical (unpaired) electrons. The van der Waals surface area contributed by atoms with Crippen LogP contribution in [0.2, 0.25) is 0 Å². The third-order valence-corrected chi connectivity index (χ3v) is 3.21. The number of rotatable bonds is 1. The monoisotopic (exact) mass is 174 g/mol. The smallest absolute Gasteiger partial charge is 0.00651 e. The Morgan fingerprint density at radius 1 is 0.923 bits per heavy atom. The summed E-state index contributed by atoms with van der Waals surface area (Å²) in [7, 11) is 0. The zero-order valence-electron chi connectivity index (χ0n) is 8.80. The van der Waals surface area contributed by atoms with Crippen LogP contribution in [0.3, 0.4) is 0 Å². The van der Waals surface area contributed by atoms with Crippen molar-refractivity contribution in [3.05, 3.63) is 35.9 Å². The van der Waals surface area contributed by atoms with E-state index >= 15 is 0 Å². The fourth-order valence-electron chi connectivity index (χ4n) is 3.11. The zero-order chi connectivity index (χ0) is 9.53. The van der Waals surface area contributed by atoms with Gasteiger partial charge in [-0.1, -0.05) is 51.1 Å². The normalized spacial score (nSPS) is 23.6. The lowest BCUT2D eigenvalue weighted by molar-refractivity contribution is 0.0717. The second kappa shape index (κ2) is 2.60. The van der Waals surface area contributed by atoms with Crippen molar-refractivity contribution in [1.82, 2.24) is 0 Å². The Labute approximate surface area is 81.0 Å². The predicted molar refractivity (Wildman–Crippen MR) is 56.8 cm³/mol. The van der Waals surface area contributed by atoms with Gasteiger partial charge in [0.05, 0.1) is 0 Å². The molecule has 2 rings (SSSR count). The number of benzene rings is 1. The molecule has 0 saturated heterocycles. The average Bonchev–Trinajstić information content (AvgIpc) is 2.02. The molecule has 0 heteroatoms. The highest BCUT2D eigenvalue weighted by Crippen LogP contribution is 2.54. The van der Waals surface area contributed by atoms with Gasteiger partial charge in [0.15, 0.2) is 0 Å². The Morgan fingerprint density at radius 3 is 1.92 bits per heavy atom. The van der Waals surface area contributed by atoms with Crippen LogP contribution in [0.1, 0.15) is 39.2 Å². The van der Waals surface area contributed by atoms with Crippen molar-refractivity contribution >= 4 is 0 Å². The first-order valence-electron chi connectivity index (χ1n) is 5.07. The molecule has 0 N–H and O–H groups in total. The molecule has 0 unspecified atom stereocenters. The van der Waals surface area contributed by atoms with E-state index in [0.29, 0.717) is 10.8 Å². The molecule has 1 aromatic rings. The van der Waals surface area contributed by atoms with Crippen LogP contribution in [0.5, 0.6) is 0 Å². The van der Waals surface area contributed by atoms with Gasteiger partial charge in [0.2, 0.25) is 0 Å². The fourth-order valence-corrected chi connectivity index (χ4v) is 3.11. The van der Waals surface area contributed by atoms with Crippen molar-refractivity contribution in [2.75, 3.05) is 0 Å². The first-order chi connectivity index (χ1) is 6.02. The second-order valence-corrected chi connectivity index (χ2v) is 5.44. The Kier molecular flexibility index (Phi) is 1.76. The highest BCUT2D eigenvalue weighted by molar-refractivity contribution is 5.28. The summed E-state index contributed by atoms with van der Waals surface area (Å²) in [4.78, 5) is 0. The largest absolute Gasteiger partial charge is 0.0622 e. The van der Waals surface area contributed by atoms with Gasteiger partial charge < -0.3 is 0 Å². The van der Waals surface area contributed by atoms with Crippen LogP contribution in [0.4, 0.5) is 0 Å². The Morgan fingerprint density at radius 2 is 1.46 bits per heavy atom. The van der Waals surface area contributed by atoms with Gasteiger partial charge in [-0.2, -0.15) is 0 Å². The van der Waals surface area contributed by atoms with Gasteiger partial charge in [0.25, 0.3) is 0 Å². The molecular weight excluding hydrogens is 156 g/mol. The van der Waals surface area contributed by atoms with Gasteiger partial charge in [-0.3, -0.25) is 0 Å². The van der Waals surface area contributed by atoms with Crippen molar-refractivity contribution in [1.29, 1.82) is 0 Å². The van der Waals surface area contributed by atoms with Crippen molar-refractivity contribution < 1.29 is 0 Å². The molecule has 0 heterocycles. The van der Waals surface area contributed by atoms with Crippen LogP contribution < -0.4 is 0 Å². The van der Waals surface area contributed by atoms with E-state index in [4.69, 9.17) is 0 Å². The SMILES string of the molecule is CC1(C)CC(C)(c2ccccc2)C1. The van der Waals surface area contributed by atoms with E-state index < -0.39 is 0 Å². The fraction of sp³-hybridized carbons (Fsp3) is 0.538. The minimum Gasteiger partial charge on any atom is -0.0622 e. The van der Waals surface area contributed by atoms with E-state index in [1.807, 2.05) is 0 Å². The molecule has 0 aromatic heterocycles. The summed E-state index contributed by atoms with van der Waals surface area (Å²) in [5.74, 6) is 0. The van der Waals surface area contributed by atoms with Gasteiger partial charge in [-0.15, -0.1) is 0 Å². The summed E-state index contributed by atoms with van der Waals surface area (Å²) in [5, 5.41) is 0. The quantitative estimate of drug-likeness (QED) is 0.608. The van der Waals surface area contributed by atoms with Crippen LogP contribution in [0, 0.1) is 5.41 Å². The van der Waals surface area contributed by atoms with E-state index in [9.17, 15) is 0 Å². The second-order valence-electron chi connectivity index (χ2n) is 5.44. The van der Waals surface area contributed by atoms with E-state index in [0.717, 1.165) is 0 Å². The number of hydrogen-bond acceptors (Lipinski definition) is 0. The molecule has 13 heavy (non-hydrogen) atoms. The number of hydrogen-bond donors (Lipinski definition) is 0. The standard InChI is InChI=1S/C13H18/c1-12(2)9-13(3,10-12)11-7-5-4-6-8-11/h4-8H,9-10H2,1-3H3. The first-order valence-corrected chi connectivity index (χ1v) is 5.07. The van der Waals surface area contributed by atoms with Crippen molar-refractivity contribution in [2.24, 2.45) is 5.41 Å². The van der Waals surface area contributed by atoms with Crippen molar-refractivity contribution in [3.8, 4) is 0 Å². The molecule has 1 fully saturated rings. The Balaban J connectivity index is 2.21. The summed E-state index contributed by atoms with van der Waals surface area (Å²) < 4.78 is 0. The van der Waals surface area contributed by atoms with Gasteiger partial charge in [0, 0.05) is 0 Å². The first kappa shape index (κ1) is 8.80. The molecule has 0 spiro atoms. The third-order valence-electron chi connectivity index (χ3n) is 3.21. The average molecular weight is 174 g/mol. The minimum absolute atomic E-state index is 0.449. The van der Waals surface area contributed by atoms with Crippen LogP contribution >= 0.6 is 0 Å². The van der Waals surface area contributed by atoms with E-state index in [-0.39, 0.29) is 0 Å². The molecule has 1 aliphatic carbocycles. The van der Waals surface area contributed by atoms with Gasteiger partial charge >= 0.3 is 0 Å². The van der Waals surface area contributed by atoms with Crippen LogP contribution in [0.25, 0.3) is 0 Å². The van der Waals surface area contributed by atoms with Crippen molar-refractivity contribution in [2.45, 2.75) is 39.0 Å². The lowest BCUT2D eigenvalue weighted by atomic mass is 9.53. The van der Waals surface area contributed by atoms with Crippen LogP contribution in [-0.2, 0) is 5.41 Å². The molecule has 1 saturated carbocycles. The highest BCUT2D eigenvalue weighted by Gasteiger charge is 2.46. The summed E-state index contributed by atoms with van der Waals surface area (Å²) in [6.07, 6.45) is 2.65. The molecule has 0 bridgehead atoms. The Bertz CT molecular complexity index is 287. The van der Waals surface area contributed by atoms with E-state index in [1.165, 1.54) is 18.4 Å². The summed E-state index contributed by atoms with van der Waals surface area (Å²) >= 11 is 0.